The summed E-state index contributed by atoms with van der Waals surface area (Å²) in [7, 11) is 3.57. The molecule has 1 N–H and O–H groups in total. The van der Waals surface area contributed by atoms with Gasteiger partial charge in [0.15, 0.2) is 0 Å². The van der Waals surface area contributed by atoms with Gasteiger partial charge < -0.3 is 14.6 Å². The summed E-state index contributed by atoms with van der Waals surface area (Å²) >= 11 is 0. The topological polar surface area (TPSA) is 59.8 Å². The first kappa shape index (κ1) is 21.4. The van der Waals surface area contributed by atoms with Gasteiger partial charge >= 0.3 is 0 Å². The molecule has 4 rings (SSSR count). The van der Waals surface area contributed by atoms with Gasteiger partial charge in [0.25, 0.3) is 0 Å². The van der Waals surface area contributed by atoms with Crippen molar-refractivity contribution in [2.45, 2.75) is 44.9 Å². The normalized spacial score (nSPS) is 14.6. The van der Waals surface area contributed by atoms with Crippen LogP contribution in [0, 0.1) is 0 Å². The third-order valence-corrected chi connectivity index (χ3v) is 5.75. The number of methoxy groups -OCH3 is 1. The molecular weight excluding hydrogens is 390 g/mol. The number of aryl methyl sites for hydroxylation is 1. The Kier molecular flexibility index (Phi) is 6.59. The van der Waals surface area contributed by atoms with Crippen molar-refractivity contribution in [3.05, 3.63) is 60.2 Å². The Morgan fingerprint density at radius 1 is 1.10 bits per heavy atom. The lowest BCUT2D eigenvalue weighted by atomic mass is 10.1. The summed E-state index contributed by atoms with van der Waals surface area (Å²) in [6, 6.07) is 18.3. The molecule has 1 heterocycles. The number of ether oxygens (including phenoxy) is 2. The maximum atomic E-state index is 10.3. The van der Waals surface area contributed by atoms with Crippen LogP contribution in [0.2, 0.25) is 0 Å². The molecule has 1 saturated carbocycles. The van der Waals surface area contributed by atoms with E-state index in [0.29, 0.717) is 19.1 Å². The van der Waals surface area contributed by atoms with Crippen molar-refractivity contribution >= 4 is 0 Å². The van der Waals surface area contributed by atoms with Crippen molar-refractivity contribution in [2.24, 2.45) is 7.05 Å². The molecule has 6 heteroatoms. The Labute approximate surface area is 184 Å². The molecule has 3 aromatic rings. The monoisotopic (exact) mass is 421 g/mol. The maximum absolute atomic E-state index is 10.3. The van der Waals surface area contributed by atoms with E-state index in [1.807, 2.05) is 61.1 Å². The summed E-state index contributed by atoms with van der Waals surface area (Å²) in [5, 5.41) is 15.1. The van der Waals surface area contributed by atoms with E-state index in [1.54, 1.807) is 7.11 Å². The predicted octanol–water partition coefficient (Wildman–Crippen LogP) is 4.62. The SMILES string of the molecule is CCC(O)CN(Cc1c(-c2ccccc2)nn(C)c1Oc1ccc(OC)cc1)C1CC1. The Morgan fingerprint density at radius 3 is 2.39 bits per heavy atom. The molecule has 0 aliphatic heterocycles. The first-order chi connectivity index (χ1) is 15.1. The van der Waals surface area contributed by atoms with E-state index in [1.165, 1.54) is 12.8 Å². The molecule has 0 radical (unpaired) electrons. The van der Waals surface area contributed by atoms with E-state index in [-0.39, 0.29) is 6.10 Å². The van der Waals surface area contributed by atoms with Crippen molar-refractivity contribution < 1.29 is 14.6 Å². The van der Waals surface area contributed by atoms with Gasteiger partial charge in [-0.05, 0) is 43.5 Å². The third-order valence-electron chi connectivity index (χ3n) is 5.75. The summed E-state index contributed by atoms with van der Waals surface area (Å²) in [5.74, 6) is 2.24. The molecule has 1 fully saturated rings. The number of aliphatic hydroxyl groups excluding tert-OH is 1. The third kappa shape index (κ3) is 5.09. The van der Waals surface area contributed by atoms with Crippen LogP contribution in [0.3, 0.4) is 0 Å². The predicted molar refractivity (Wildman–Crippen MR) is 121 cm³/mol. The lowest BCUT2D eigenvalue weighted by Crippen LogP contribution is -2.33. The van der Waals surface area contributed by atoms with Crippen molar-refractivity contribution in [1.82, 2.24) is 14.7 Å². The summed E-state index contributed by atoms with van der Waals surface area (Å²) in [4.78, 5) is 2.37. The van der Waals surface area contributed by atoms with Crippen LogP contribution in [0.15, 0.2) is 54.6 Å². The fourth-order valence-corrected chi connectivity index (χ4v) is 3.79. The van der Waals surface area contributed by atoms with Gasteiger partial charge in [0.05, 0.1) is 18.8 Å². The van der Waals surface area contributed by atoms with Crippen LogP contribution in [0.5, 0.6) is 17.4 Å². The van der Waals surface area contributed by atoms with Crippen LogP contribution < -0.4 is 9.47 Å². The van der Waals surface area contributed by atoms with Crippen LogP contribution in [-0.4, -0.2) is 45.6 Å². The van der Waals surface area contributed by atoms with Crippen LogP contribution in [0.25, 0.3) is 11.3 Å². The summed E-state index contributed by atoms with van der Waals surface area (Å²) in [6.07, 6.45) is 2.76. The minimum absolute atomic E-state index is 0.330. The number of hydrogen-bond acceptors (Lipinski definition) is 5. The highest BCUT2D eigenvalue weighted by atomic mass is 16.5. The number of hydrogen-bond donors (Lipinski definition) is 1. The molecule has 1 aliphatic rings. The van der Waals surface area contributed by atoms with Crippen molar-refractivity contribution in [3.8, 4) is 28.6 Å². The van der Waals surface area contributed by atoms with Crippen LogP contribution in [0.1, 0.15) is 31.7 Å². The second kappa shape index (κ2) is 9.54. The van der Waals surface area contributed by atoms with E-state index < -0.39 is 0 Å². The highest BCUT2D eigenvalue weighted by Gasteiger charge is 2.32. The lowest BCUT2D eigenvalue weighted by molar-refractivity contribution is 0.101. The molecule has 6 nitrogen and oxygen atoms in total. The van der Waals surface area contributed by atoms with Gasteiger partial charge in [-0.3, -0.25) is 4.90 Å². The Hall–Kier alpha value is -2.83. The second-order valence-corrected chi connectivity index (χ2v) is 8.12. The summed E-state index contributed by atoms with van der Waals surface area (Å²) in [6.45, 7) is 3.37. The molecule has 0 spiro atoms. The molecule has 1 atom stereocenters. The zero-order valence-electron chi connectivity index (χ0n) is 18.5. The first-order valence-electron chi connectivity index (χ1n) is 10.9. The van der Waals surface area contributed by atoms with Crippen LogP contribution >= 0.6 is 0 Å². The zero-order valence-corrected chi connectivity index (χ0v) is 18.5. The number of benzene rings is 2. The average Bonchev–Trinajstić information content (AvgIpc) is 3.61. The first-order valence-corrected chi connectivity index (χ1v) is 10.9. The largest absolute Gasteiger partial charge is 0.497 e. The lowest BCUT2D eigenvalue weighted by Gasteiger charge is -2.25. The molecule has 0 saturated heterocycles. The van der Waals surface area contributed by atoms with E-state index in [9.17, 15) is 5.11 Å². The Balaban J connectivity index is 1.70. The molecule has 1 unspecified atom stereocenters. The van der Waals surface area contributed by atoms with E-state index in [0.717, 1.165) is 40.6 Å². The van der Waals surface area contributed by atoms with E-state index in [2.05, 4.69) is 17.0 Å². The highest BCUT2D eigenvalue weighted by Crippen LogP contribution is 2.37. The molecule has 1 aromatic heterocycles. The van der Waals surface area contributed by atoms with Gasteiger partial charge in [0.1, 0.15) is 17.2 Å². The summed E-state index contributed by atoms with van der Waals surface area (Å²) < 4.78 is 13.4. The number of nitrogens with zero attached hydrogens (tertiary/aromatic N) is 3. The number of aliphatic hydroxyl groups is 1. The number of rotatable bonds is 10. The van der Waals surface area contributed by atoms with E-state index in [4.69, 9.17) is 14.6 Å². The van der Waals surface area contributed by atoms with Crippen molar-refractivity contribution in [3.63, 3.8) is 0 Å². The maximum Gasteiger partial charge on any atom is 0.222 e. The van der Waals surface area contributed by atoms with Gasteiger partial charge in [-0.2, -0.15) is 5.10 Å². The molecule has 2 aromatic carbocycles. The highest BCUT2D eigenvalue weighted by molar-refractivity contribution is 5.65. The van der Waals surface area contributed by atoms with Gasteiger partial charge in [0.2, 0.25) is 5.88 Å². The van der Waals surface area contributed by atoms with E-state index >= 15 is 0 Å². The smallest absolute Gasteiger partial charge is 0.222 e. The van der Waals surface area contributed by atoms with Crippen LogP contribution in [0.4, 0.5) is 0 Å². The number of aromatic nitrogens is 2. The Morgan fingerprint density at radius 2 is 1.77 bits per heavy atom. The second-order valence-electron chi connectivity index (χ2n) is 8.12. The summed E-state index contributed by atoms with van der Waals surface area (Å²) in [5.41, 5.74) is 3.02. The standard InChI is InChI=1S/C25H31N3O3/c1-4-20(29)16-28(19-10-11-19)17-23-24(18-8-6-5-7-9-18)26-27(2)25(23)31-22-14-12-21(30-3)13-15-22/h5-9,12-15,19-20,29H,4,10-11,16-17H2,1-3H3. The fraction of sp³-hybridized carbons (Fsp3) is 0.400. The van der Waals surface area contributed by atoms with Crippen molar-refractivity contribution in [1.29, 1.82) is 0 Å². The average molecular weight is 422 g/mol. The fourth-order valence-electron chi connectivity index (χ4n) is 3.79. The molecule has 164 valence electrons. The van der Waals surface area contributed by atoms with Crippen LogP contribution in [-0.2, 0) is 13.6 Å². The molecule has 1 aliphatic carbocycles. The van der Waals surface area contributed by atoms with Crippen molar-refractivity contribution in [2.75, 3.05) is 13.7 Å². The van der Waals surface area contributed by atoms with Gasteiger partial charge in [-0.1, -0.05) is 37.3 Å². The Bertz CT molecular complexity index is 981. The van der Waals surface area contributed by atoms with Gasteiger partial charge in [0, 0.05) is 31.7 Å². The molecule has 0 amide bonds. The molecule has 0 bridgehead atoms. The quantitative estimate of drug-likeness (QED) is 0.517. The van der Waals surface area contributed by atoms with Gasteiger partial charge in [-0.25, -0.2) is 4.68 Å². The minimum Gasteiger partial charge on any atom is -0.497 e. The molecule has 31 heavy (non-hydrogen) atoms. The minimum atomic E-state index is -0.330. The molecular formula is C25H31N3O3. The van der Waals surface area contributed by atoms with Gasteiger partial charge in [-0.15, -0.1) is 0 Å². The zero-order chi connectivity index (χ0) is 21.8.